The van der Waals surface area contributed by atoms with Crippen LogP contribution in [0, 0.1) is 29.1 Å². The Hall–Kier alpha value is -1.41. The van der Waals surface area contributed by atoms with Crippen molar-refractivity contribution in [2.24, 2.45) is 0 Å². The SMILES string of the molecule is OCCN(CCO)c1c(F)c(F)c(F)c(F)c1F. The Kier molecular flexibility index (Phi) is 4.85. The summed E-state index contributed by atoms with van der Waals surface area (Å²) in [6, 6.07) is 0. The molecule has 1 aromatic carbocycles. The fourth-order valence-electron chi connectivity index (χ4n) is 1.45. The van der Waals surface area contributed by atoms with E-state index in [2.05, 4.69) is 0 Å². The van der Waals surface area contributed by atoms with Gasteiger partial charge in [0, 0.05) is 13.1 Å². The van der Waals surface area contributed by atoms with Gasteiger partial charge in [0.15, 0.2) is 23.3 Å². The third-order valence-corrected chi connectivity index (χ3v) is 2.24. The number of hydrogen-bond acceptors (Lipinski definition) is 3. The third-order valence-electron chi connectivity index (χ3n) is 2.24. The number of nitrogens with zero attached hydrogens (tertiary/aromatic N) is 1. The van der Waals surface area contributed by atoms with Crippen molar-refractivity contribution >= 4 is 5.69 Å². The highest BCUT2D eigenvalue weighted by molar-refractivity contribution is 5.50. The maximum atomic E-state index is 13.4. The summed E-state index contributed by atoms with van der Waals surface area (Å²) in [5.41, 5.74) is -1.16. The van der Waals surface area contributed by atoms with E-state index in [4.69, 9.17) is 10.2 Å². The average molecular weight is 271 g/mol. The molecule has 0 spiro atoms. The second-order valence-electron chi connectivity index (χ2n) is 3.35. The summed E-state index contributed by atoms with van der Waals surface area (Å²) >= 11 is 0. The maximum Gasteiger partial charge on any atom is 0.200 e. The molecule has 8 heteroatoms. The summed E-state index contributed by atoms with van der Waals surface area (Å²) in [6.07, 6.45) is 0. The normalized spacial score (nSPS) is 10.8. The predicted molar refractivity (Wildman–Crippen MR) is 52.6 cm³/mol. The molecule has 0 atom stereocenters. The van der Waals surface area contributed by atoms with Gasteiger partial charge in [0.05, 0.1) is 13.2 Å². The van der Waals surface area contributed by atoms with Crippen LogP contribution in [0.2, 0.25) is 0 Å². The van der Waals surface area contributed by atoms with Crippen molar-refractivity contribution in [2.75, 3.05) is 31.2 Å². The van der Waals surface area contributed by atoms with Gasteiger partial charge in [0.25, 0.3) is 0 Å². The summed E-state index contributed by atoms with van der Waals surface area (Å²) in [7, 11) is 0. The van der Waals surface area contributed by atoms with Gasteiger partial charge in [-0.05, 0) is 0 Å². The lowest BCUT2D eigenvalue weighted by molar-refractivity contribution is 0.278. The Morgan fingerprint density at radius 2 is 1.00 bits per heavy atom. The van der Waals surface area contributed by atoms with E-state index in [1.807, 2.05) is 0 Å². The molecule has 102 valence electrons. The monoisotopic (exact) mass is 271 g/mol. The Balaban J connectivity index is 3.37. The highest BCUT2D eigenvalue weighted by Crippen LogP contribution is 2.29. The van der Waals surface area contributed by atoms with Gasteiger partial charge in [-0.25, -0.2) is 22.0 Å². The van der Waals surface area contributed by atoms with Gasteiger partial charge in [0.1, 0.15) is 5.69 Å². The van der Waals surface area contributed by atoms with Crippen LogP contribution in [0.25, 0.3) is 0 Å². The topological polar surface area (TPSA) is 43.7 Å². The van der Waals surface area contributed by atoms with Gasteiger partial charge in [0.2, 0.25) is 5.82 Å². The largest absolute Gasteiger partial charge is 0.395 e. The number of aliphatic hydroxyl groups is 2. The van der Waals surface area contributed by atoms with Crippen LogP contribution in [0.1, 0.15) is 0 Å². The van der Waals surface area contributed by atoms with E-state index < -0.39 is 48.0 Å². The molecule has 0 aliphatic heterocycles. The molecule has 0 radical (unpaired) electrons. The first-order valence-corrected chi connectivity index (χ1v) is 4.93. The Labute approximate surface area is 99.1 Å². The second kappa shape index (κ2) is 5.96. The van der Waals surface area contributed by atoms with Gasteiger partial charge >= 0.3 is 0 Å². The molecule has 0 saturated heterocycles. The molecule has 2 N–H and O–H groups in total. The first-order valence-electron chi connectivity index (χ1n) is 4.93. The minimum atomic E-state index is -2.25. The fourth-order valence-corrected chi connectivity index (χ4v) is 1.45. The molecule has 3 nitrogen and oxygen atoms in total. The van der Waals surface area contributed by atoms with E-state index in [0.717, 1.165) is 0 Å². The zero-order chi connectivity index (χ0) is 13.9. The van der Waals surface area contributed by atoms with Gasteiger partial charge in [-0.3, -0.25) is 0 Å². The minimum absolute atomic E-state index is 0.376. The van der Waals surface area contributed by atoms with E-state index in [0.29, 0.717) is 4.90 Å². The molecule has 0 aliphatic rings. The average Bonchev–Trinajstić information content (AvgIpc) is 2.35. The highest BCUT2D eigenvalue weighted by atomic mass is 19.2. The molecule has 18 heavy (non-hydrogen) atoms. The quantitative estimate of drug-likeness (QED) is 0.480. The van der Waals surface area contributed by atoms with Crippen LogP contribution in [-0.4, -0.2) is 36.5 Å². The molecule has 0 saturated carbocycles. The fraction of sp³-hybridized carbons (Fsp3) is 0.400. The Morgan fingerprint density at radius 1 is 0.667 bits per heavy atom. The molecule has 0 bridgehead atoms. The molecule has 0 fully saturated rings. The molecule has 0 aromatic heterocycles. The zero-order valence-corrected chi connectivity index (χ0v) is 9.06. The number of anilines is 1. The van der Waals surface area contributed by atoms with Gasteiger partial charge < -0.3 is 15.1 Å². The summed E-state index contributed by atoms with van der Waals surface area (Å²) in [5, 5.41) is 17.3. The van der Waals surface area contributed by atoms with Gasteiger partial charge in [-0.15, -0.1) is 0 Å². The molecular weight excluding hydrogens is 261 g/mol. The first-order chi connectivity index (χ1) is 8.45. The van der Waals surface area contributed by atoms with Crippen molar-refractivity contribution in [3.05, 3.63) is 29.1 Å². The molecule has 0 heterocycles. The van der Waals surface area contributed by atoms with Crippen LogP contribution in [0.5, 0.6) is 0 Å². The number of hydrogen-bond donors (Lipinski definition) is 2. The van der Waals surface area contributed by atoms with Crippen molar-refractivity contribution < 1.29 is 32.2 Å². The van der Waals surface area contributed by atoms with Crippen molar-refractivity contribution in [1.82, 2.24) is 0 Å². The molecule has 0 aliphatic carbocycles. The number of benzene rings is 1. The van der Waals surface area contributed by atoms with Crippen LogP contribution in [0.4, 0.5) is 27.6 Å². The summed E-state index contributed by atoms with van der Waals surface area (Å²) in [6.45, 7) is -1.89. The molecule has 0 unspecified atom stereocenters. The lowest BCUT2D eigenvalue weighted by atomic mass is 10.2. The van der Waals surface area contributed by atoms with E-state index in [9.17, 15) is 22.0 Å². The van der Waals surface area contributed by atoms with E-state index in [1.165, 1.54) is 0 Å². The number of rotatable bonds is 5. The maximum absolute atomic E-state index is 13.4. The first kappa shape index (κ1) is 14.7. The van der Waals surface area contributed by atoms with E-state index in [-0.39, 0.29) is 13.1 Å². The van der Waals surface area contributed by atoms with Crippen LogP contribution in [0.3, 0.4) is 0 Å². The van der Waals surface area contributed by atoms with E-state index in [1.54, 1.807) is 0 Å². The van der Waals surface area contributed by atoms with Gasteiger partial charge in [-0.1, -0.05) is 0 Å². The molecule has 1 rings (SSSR count). The third kappa shape index (κ3) is 2.54. The lowest BCUT2D eigenvalue weighted by Gasteiger charge is -2.24. The summed E-state index contributed by atoms with van der Waals surface area (Å²) in [4.78, 5) is 0.677. The number of aliphatic hydroxyl groups excluding tert-OH is 2. The van der Waals surface area contributed by atoms with Crippen LogP contribution in [-0.2, 0) is 0 Å². The minimum Gasteiger partial charge on any atom is -0.395 e. The van der Waals surface area contributed by atoms with E-state index >= 15 is 0 Å². The van der Waals surface area contributed by atoms with Crippen LogP contribution >= 0.6 is 0 Å². The van der Waals surface area contributed by atoms with Crippen molar-refractivity contribution in [2.45, 2.75) is 0 Å². The summed E-state index contributed by atoms with van der Waals surface area (Å²) in [5.74, 6) is -10.4. The van der Waals surface area contributed by atoms with Crippen LogP contribution < -0.4 is 4.90 Å². The number of halogens is 5. The van der Waals surface area contributed by atoms with Crippen molar-refractivity contribution in [1.29, 1.82) is 0 Å². The Morgan fingerprint density at radius 3 is 1.33 bits per heavy atom. The standard InChI is InChI=1S/C10H10F5NO2/c11-5-6(12)8(14)10(9(15)7(5)13)16(1-3-17)2-4-18/h17-18H,1-4H2. The zero-order valence-electron chi connectivity index (χ0n) is 9.06. The van der Waals surface area contributed by atoms with Crippen molar-refractivity contribution in [3.63, 3.8) is 0 Å². The predicted octanol–water partition coefficient (Wildman–Crippen LogP) is 1.17. The van der Waals surface area contributed by atoms with Crippen molar-refractivity contribution in [3.8, 4) is 0 Å². The van der Waals surface area contributed by atoms with Gasteiger partial charge in [-0.2, -0.15) is 0 Å². The lowest BCUT2D eigenvalue weighted by Crippen LogP contribution is -2.32. The molecule has 0 amide bonds. The molecular formula is C10H10F5NO2. The second-order valence-corrected chi connectivity index (χ2v) is 3.35. The summed E-state index contributed by atoms with van der Waals surface area (Å²) < 4.78 is 65.4. The highest BCUT2D eigenvalue weighted by Gasteiger charge is 2.28. The molecule has 1 aromatic rings. The van der Waals surface area contributed by atoms with Crippen LogP contribution in [0.15, 0.2) is 0 Å². The smallest absolute Gasteiger partial charge is 0.200 e. The Bertz CT molecular complexity index is 406.